The Kier molecular flexibility index (Phi) is 3.36. The quantitative estimate of drug-likeness (QED) is 0.922. The fourth-order valence-corrected chi connectivity index (χ4v) is 2.68. The number of anilines is 1. The largest absolute Gasteiger partial charge is 0.320 e. The molecule has 2 heterocycles. The molecule has 0 bridgehead atoms. The third-order valence-corrected chi connectivity index (χ3v) is 3.95. The lowest BCUT2D eigenvalue weighted by Crippen LogP contribution is -2.11. The number of nitrogens with zero attached hydrogens (tertiary/aromatic N) is 1. The summed E-state index contributed by atoms with van der Waals surface area (Å²) in [4.78, 5) is 16.5. The maximum atomic E-state index is 11.9. The lowest BCUT2D eigenvalue weighted by molar-refractivity contribution is 0.103. The van der Waals surface area contributed by atoms with Crippen molar-refractivity contribution in [2.24, 2.45) is 0 Å². The molecule has 2 rings (SSSR count). The van der Waals surface area contributed by atoms with E-state index < -0.39 is 0 Å². The van der Waals surface area contributed by atoms with Crippen LogP contribution in [0.15, 0.2) is 34.4 Å². The summed E-state index contributed by atoms with van der Waals surface area (Å²) < 4.78 is 0.816. The van der Waals surface area contributed by atoms with Crippen molar-refractivity contribution in [3.05, 3.63) is 44.8 Å². The predicted octanol–water partition coefficient (Wildman–Crippen LogP) is 3.47. The lowest BCUT2D eigenvalue weighted by atomic mass is 10.2. The van der Waals surface area contributed by atoms with Gasteiger partial charge in [0, 0.05) is 10.7 Å². The lowest BCUT2D eigenvalue weighted by Gasteiger charge is -2.06. The Morgan fingerprint density at radius 1 is 1.50 bits per heavy atom. The zero-order valence-electron chi connectivity index (χ0n) is 8.53. The molecule has 2 aromatic heterocycles. The molecular weight excluding hydrogens is 288 g/mol. The highest BCUT2D eigenvalue weighted by atomic mass is 79.9. The minimum atomic E-state index is -0.113. The third-order valence-electron chi connectivity index (χ3n) is 2.11. The third kappa shape index (κ3) is 2.31. The Hall–Kier alpha value is -1.20. The first-order chi connectivity index (χ1) is 7.68. The molecule has 0 atom stereocenters. The van der Waals surface area contributed by atoms with Crippen molar-refractivity contribution >= 4 is 38.9 Å². The van der Waals surface area contributed by atoms with Crippen molar-refractivity contribution in [2.75, 3.05) is 5.32 Å². The second-order valence-corrected chi connectivity index (χ2v) is 5.01. The second-order valence-electron chi connectivity index (χ2n) is 3.24. The van der Waals surface area contributed by atoms with Gasteiger partial charge in [0.05, 0.1) is 11.9 Å². The van der Waals surface area contributed by atoms with Crippen LogP contribution in [0.2, 0.25) is 0 Å². The molecule has 2 aromatic rings. The first-order valence-electron chi connectivity index (χ1n) is 4.63. The Morgan fingerprint density at radius 2 is 2.31 bits per heavy atom. The van der Waals surface area contributed by atoms with Crippen LogP contribution in [0.5, 0.6) is 0 Å². The van der Waals surface area contributed by atoms with Gasteiger partial charge in [0.1, 0.15) is 4.88 Å². The summed E-state index contributed by atoms with van der Waals surface area (Å²) in [6, 6.07) is 3.72. The first-order valence-corrected chi connectivity index (χ1v) is 6.30. The first kappa shape index (κ1) is 11.3. The van der Waals surface area contributed by atoms with E-state index in [2.05, 4.69) is 26.2 Å². The molecule has 16 heavy (non-hydrogen) atoms. The van der Waals surface area contributed by atoms with Gasteiger partial charge >= 0.3 is 0 Å². The second kappa shape index (κ2) is 4.76. The molecule has 0 aliphatic heterocycles. The fourth-order valence-electron chi connectivity index (χ4n) is 1.23. The van der Waals surface area contributed by atoms with E-state index in [9.17, 15) is 4.79 Å². The van der Waals surface area contributed by atoms with Crippen LogP contribution in [0.4, 0.5) is 5.69 Å². The molecule has 0 saturated heterocycles. The average Bonchev–Trinajstić information content (AvgIpc) is 2.68. The molecule has 3 nitrogen and oxygen atoms in total. The van der Waals surface area contributed by atoms with Crippen LogP contribution in [-0.2, 0) is 0 Å². The summed E-state index contributed by atoms with van der Waals surface area (Å²) in [6.07, 6.45) is 3.35. The molecule has 0 unspecified atom stereocenters. The van der Waals surface area contributed by atoms with E-state index in [1.807, 2.05) is 24.4 Å². The molecular formula is C11H9BrN2OS. The molecule has 1 N–H and O–H groups in total. The van der Waals surface area contributed by atoms with E-state index >= 15 is 0 Å². The minimum absolute atomic E-state index is 0.113. The molecule has 0 saturated carbocycles. The summed E-state index contributed by atoms with van der Waals surface area (Å²) in [5.74, 6) is -0.113. The molecule has 0 radical (unpaired) electrons. The number of rotatable bonds is 2. The van der Waals surface area contributed by atoms with Crippen LogP contribution in [0.25, 0.3) is 0 Å². The fraction of sp³-hybridized carbons (Fsp3) is 0.0909. The standard InChI is InChI=1S/C11H9BrN2OS/c1-7-2-4-13-6-9(7)14-11(15)10-8(12)3-5-16-10/h2-6H,1H3,(H,14,15). The van der Waals surface area contributed by atoms with Gasteiger partial charge in [-0.3, -0.25) is 9.78 Å². The normalized spacial score (nSPS) is 10.1. The number of hydrogen-bond acceptors (Lipinski definition) is 3. The van der Waals surface area contributed by atoms with Gasteiger partial charge in [-0.2, -0.15) is 0 Å². The molecule has 5 heteroatoms. The molecule has 1 amide bonds. The van der Waals surface area contributed by atoms with Crippen molar-refractivity contribution in [2.45, 2.75) is 6.92 Å². The van der Waals surface area contributed by atoms with E-state index in [0.717, 1.165) is 15.7 Å². The summed E-state index contributed by atoms with van der Waals surface area (Å²) >= 11 is 4.74. The number of pyridine rings is 1. The van der Waals surface area contributed by atoms with Crippen molar-refractivity contribution in [1.29, 1.82) is 0 Å². The van der Waals surface area contributed by atoms with E-state index in [-0.39, 0.29) is 5.91 Å². The topological polar surface area (TPSA) is 42.0 Å². The highest BCUT2D eigenvalue weighted by Gasteiger charge is 2.12. The van der Waals surface area contributed by atoms with E-state index in [1.165, 1.54) is 11.3 Å². The van der Waals surface area contributed by atoms with Gasteiger partial charge in [0.2, 0.25) is 0 Å². The van der Waals surface area contributed by atoms with Gasteiger partial charge in [-0.1, -0.05) is 0 Å². The summed E-state index contributed by atoms with van der Waals surface area (Å²) in [5, 5.41) is 4.70. The van der Waals surface area contributed by atoms with E-state index in [4.69, 9.17) is 0 Å². The summed E-state index contributed by atoms with van der Waals surface area (Å²) in [7, 11) is 0. The van der Waals surface area contributed by atoms with Crippen molar-refractivity contribution in [3.63, 3.8) is 0 Å². The van der Waals surface area contributed by atoms with E-state index in [1.54, 1.807) is 12.4 Å². The Balaban J connectivity index is 2.21. The Labute approximate surface area is 106 Å². The van der Waals surface area contributed by atoms with Crippen LogP contribution in [-0.4, -0.2) is 10.9 Å². The van der Waals surface area contributed by atoms with E-state index in [0.29, 0.717) is 4.88 Å². The Bertz CT molecular complexity index is 524. The van der Waals surface area contributed by atoms with Gasteiger partial charge in [0.25, 0.3) is 5.91 Å². The van der Waals surface area contributed by atoms with Gasteiger partial charge in [0.15, 0.2) is 0 Å². The van der Waals surface area contributed by atoms with Crippen LogP contribution >= 0.6 is 27.3 Å². The zero-order valence-corrected chi connectivity index (χ0v) is 10.9. The van der Waals surface area contributed by atoms with Crippen LogP contribution < -0.4 is 5.32 Å². The molecule has 0 spiro atoms. The van der Waals surface area contributed by atoms with Crippen LogP contribution in [0.1, 0.15) is 15.2 Å². The summed E-state index contributed by atoms with van der Waals surface area (Å²) in [6.45, 7) is 1.93. The number of nitrogens with one attached hydrogen (secondary N) is 1. The van der Waals surface area contributed by atoms with Gasteiger partial charge in [-0.15, -0.1) is 11.3 Å². The maximum absolute atomic E-state index is 11.9. The monoisotopic (exact) mass is 296 g/mol. The van der Waals surface area contributed by atoms with Gasteiger partial charge in [-0.05, 0) is 45.9 Å². The number of aromatic nitrogens is 1. The number of carbonyl (C=O) groups is 1. The Morgan fingerprint density at radius 3 is 2.94 bits per heavy atom. The number of hydrogen-bond donors (Lipinski definition) is 1. The van der Waals surface area contributed by atoms with Crippen molar-refractivity contribution < 1.29 is 4.79 Å². The van der Waals surface area contributed by atoms with Crippen molar-refractivity contribution in [1.82, 2.24) is 4.98 Å². The number of halogens is 1. The molecule has 0 aliphatic carbocycles. The summed E-state index contributed by atoms with van der Waals surface area (Å²) in [5.41, 5.74) is 1.74. The highest BCUT2D eigenvalue weighted by Crippen LogP contribution is 2.24. The van der Waals surface area contributed by atoms with Crippen molar-refractivity contribution in [3.8, 4) is 0 Å². The average molecular weight is 297 g/mol. The zero-order chi connectivity index (χ0) is 11.5. The maximum Gasteiger partial charge on any atom is 0.266 e. The highest BCUT2D eigenvalue weighted by molar-refractivity contribution is 9.10. The molecule has 82 valence electrons. The molecule has 0 aliphatic rings. The number of carbonyl (C=O) groups excluding carboxylic acids is 1. The number of aryl methyl sites for hydroxylation is 1. The minimum Gasteiger partial charge on any atom is -0.320 e. The van der Waals surface area contributed by atoms with Crippen LogP contribution in [0.3, 0.4) is 0 Å². The van der Waals surface area contributed by atoms with Gasteiger partial charge < -0.3 is 5.32 Å². The van der Waals surface area contributed by atoms with Crippen LogP contribution in [0, 0.1) is 6.92 Å². The number of thiophene rings is 1. The predicted molar refractivity (Wildman–Crippen MR) is 68.9 cm³/mol. The smallest absolute Gasteiger partial charge is 0.266 e. The van der Waals surface area contributed by atoms with Gasteiger partial charge in [-0.25, -0.2) is 0 Å². The number of amides is 1. The molecule has 0 fully saturated rings. The SMILES string of the molecule is Cc1ccncc1NC(=O)c1sccc1Br. The molecule has 0 aromatic carbocycles.